The van der Waals surface area contributed by atoms with E-state index in [-0.39, 0.29) is 23.9 Å². The molecular weight excluding hydrogens is 398 g/mol. The van der Waals surface area contributed by atoms with Crippen LogP contribution in [0.5, 0.6) is 11.5 Å². The lowest BCUT2D eigenvalue weighted by molar-refractivity contribution is 0.0589. The molecule has 1 atom stereocenters. The number of piperidine rings is 1. The molecule has 2 heterocycles. The molecule has 1 aromatic carbocycles. The standard InChI is InChI=1S/C22H29N5O4/c1-30-19-8-5-7-17(20(19)31-2)22(29)27-12-4-3-6-16(27)11-13-26-14-18(24-25-26)21(28)23-15-9-10-15/h5,7-8,14-16H,3-4,6,9-13H2,1-2H3,(H,23,28)/t16-/m0/s1. The molecule has 0 radical (unpaired) electrons. The Labute approximate surface area is 181 Å². The van der Waals surface area contributed by atoms with Crippen LogP contribution < -0.4 is 14.8 Å². The number of likely N-dealkylation sites (tertiary alicyclic amines) is 1. The first-order valence-corrected chi connectivity index (χ1v) is 10.8. The average molecular weight is 428 g/mol. The number of methoxy groups -OCH3 is 2. The van der Waals surface area contributed by atoms with Crippen molar-refractivity contribution in [1.82, 2.24) is 25.2 Å². The summed E-state index contributed by atoms with van der Waals surface area (Å²) in [5.41, 5.74) is 0.845. The van der Waals surface area contributed by atoms with Crippen LogP contribution in [0.2, 0.25) is 0 Å². The molecule has 0 bridgehead atoms. The monoisotopic (exact) mass is 427 g/mol. The summed E-state index contributed by atoms with van der Waals surface area (Å²) in [5.74, 6) is 0.778. The van der Waals surface area contributed by atoms with Gasteiger partial charge in [-0.1, -0.05) is 11.3 Å². The van der Waals surface area contributed by atoms with Gasteiger partial charge in [-0.05, 0) is 50.7 Å². The van der Waals surface area contributed by atoms with Gasteiger partial charge in [0.15, 0.2) is 17.2 Å². The quantitative estimate of drug-likeness (QED) is 0.694. The highest BCUT2D eigenvalue weighted by atomic mass is 16.5. The molecule has 1 aliphatic heterocycles. The second-order valence-corrected chi connectivity index (χ2v) is 8.09. The molecule has 1 aliphatic carbocycles. The normalized spacial score (nSPS) is 18.5. The highest BCUT2D eigenvalue weighted by molar-refractivity contribution is 5.98. The Kier molecular flexibility index (Phi) is 6.39. The van der Waals surface area contributed by atoms with Crippen molar-refractivity contribution in [3.63, 3.8) is 0 Å². The van der Waals surface area contributed by atoms with Crippen LogP contribution in [-0.2, 0) is 6.54 Å². The van der Waals surface area contributed by atoms with E-state index in [4.69, 9.17) is 9.47 Å². The first-order chi connectivity index (χ1) is 15.1. The summed E-state index contributed by atoms with van der Waals surface area (Å²) in [4.78, 5) is 27.4. The number of rotatable bonds is 8. The molecule has 31 heavy (non-hydrogen) atoms. The lowest BCUT2D eigenvalue weighted by atomic mass is 9.98. The molecule has 1 saturated heterocycles. The van der Waals surface area contributed by atoms with E-state index in [0.717, 1.165) is 38.5 Å². The Morgan fingerprint density at radius 2 is 2.00 bits per heavy atom. The van der Waals surface area contributed by atoms with Crippen LogP contribution in [-0.4, -0.2) is 64.6 Å². The Morgan fingerprint density at radius 1 is 1.16 bits per heavy atom. The molecule has 2 amide bonds. The molecule has 2 aliphatic rings. The topological polar surface area (TPSA) is 98.6 Å². The zero-order valence-electron chi connectivity index (χ0n) is 18.0. The van der Waals surface area contributed by atoms with Crippen molar-refractivity contribution in [3.8, 4) is 11.5 Å². The molecule has 1 saturated carbocycles. The fourth-order valence-corrected chi connectivity index (χ4v) is 4.06. The van der Waals surface area contributed by atoms with E-state index in [9.17, 15) is 9.59 Å². The minimum Gasteiger partial charge on any atom is -0.493 e. The highest BCUT2D eigenvalue weighted by Crippen LogP contribution is 2.33. The minimum absolute atomic E-state index is 0.0523. The van der Waals surface area contributed by atoms with Crippen molar-refractivity contribution < 1.29 is 19.1 Å². The van der Waals surface area contributed by atoms with E-state index in [1.54, 1.807) is 43.3 Å². The summed E-state index contributed by atoms with van der Waals surface area (Å²) < 4.78 is 12.5. The number of hydrogen-bond acceptors (Lipinski definition) is 6. The summed E-state index contributed by atoms with van der Waals surface area (Å²) in [6, 6.07) is 5.73. The van der Waals surface area contributed by atoms with Gasteiger partial charge in [0.05, 0.1) is 26.0 Å². The maximum absolute atomic E-state index is 13.4. The summed E-state index contributed by atoms with van der Waals surface area (Å²) in [5, 5.41) is 11.0. The van der Waals surface area contributed by atoms with Gasteiger partial charge in [-0.25, -0.2) is 0 Å². The molecule has 1 aromatic heterocycles. The lowest BCUT2D eigenvalue weighted by Gasteiger charge is -2.36. The van der Waals surface area contributed by atoms with Crippen LogP contribution in [0.4, 0.5) is 0 Å². The van der Waals surface area contributed by atoms with Crippen LogP contribution in [0.25, 0.3) is 0 Å². The number of carbonyl (C=O) groups is 2. The van der Waals surface area contributed by atoms with Gasteiger partial charge < -0.3 is 19.7 Å². The minimum atomic E-state index is -0.173. The van der Waals surface area contributed by atoms with Crippen molar-refractivity contribution in [3.05, 3.63) is 35.7 Å². The fraction of sp³-hybridized carbons (Fsp3) is 0.545. The van der Waals surface area contributed by atoms with Crippen molar-refractivity contribution >= 4 is 11.8 Å². The molecule has 166 valence electrons. The van der Waals surface area contributed by atoms with E-state index in [0.29, 0.717) is 35.8 Å². The van der Waals surface area contributed by atoms with Gasteiger partial charge in [-0.2, -0.15) is 0 Å². The zero-order chi connectivity index (χ0) is 21.8. The number of hydrogen-bond donors (Lipinski definition) is 1. The maximum Gasteiger partial charge on any atom is 0.273 e. The Hall–Kier alpha value is -3.10. The second-order valence-electron chi connectivity index (χ2n) is 8.09. The Morgan fingerprint density at radius 3 is 2.74 bits per heavy atom. The number of nitrogens with one attached hydrogen (secondary N) is 1. The predicted molar refractivity (Wildman–Crippen MR) is 113 cm³/mol. The predicted octanol–water partition coefficient (Wildman–Crippen LogP) is 2.27. The summed E-state index contributed by atoms with van der Waals surface area (Å²) in [7, 11) is 3.11. The van der Waals surface area contributed by atoms with E-state index in [2.05, 4.69) is 15.6 Å². The van der Waals surface area contributed by atoms with Gasteiger partial charge >= 0.3 is 0 Å². The lowest BCUT2D eigenvalue weighted by Crippen LogP contribution is -2.44. The van der Waals surface area contributed by atoms with Gasteiger partial charge in [0.25, 0.3) is 11.8 Å². The average Bonchev–Trinajstić information content (AvgIpc) is 3.49. The number of ether oxygens (including phenoxy) is 2. The molecule has 0 unspecified atom stereocenters. The van der Waals surface area contributed by atoms with Crippen LogP contribution in [0, 0.1) is 0 Å². The smallest absolute Gasteiger partial charge is 0.273 e. The molecule has 4 rings (SSSR count). The molecule has 1 N–H and O–H groups in total. The van der Waals surface area contributed by atoms with Crippen LogP contribution in [0.3, 0.4) is 0 Å². The summed E-state index contributed by atoms with van der Waals surface area (Å²) in [6.45, 7) is 1.30. The van der Waals surface area contributed by atoms with Gasteiger partial charge in [0.1, 0.15) is 0 Å². The molecular formula is C22H29N5O4. The van der Waals surface area contributed by atoms with Gasteiger partial charge in [-0.3, -0.25) is 14.3 Å². The van der Waals surface area contributed by atoms with Crippen LogP contribution in [0.15, 0.2) is 24.4 Å². The number of benzene rings is 1. The van der Waals surface area contributed by atoms with E-state index in [1.165, 1.54) is 0 Å². The second kappa shape index (κ2) is 9.36. The van der Waals surface area contributed by atoms with E-state index < -0.39 is 0 Å². The van der Waals surface area contributed by atoms with Crippen LogP contribution in [0.1, 0.15) is 59.4 Å². The zero-order valence-corrected chi connectivity index (χ0v) is 18.0. The Bertz CT molecular complexity index is 940. The van der Waals surface area contributed by atoms with E-state index in [1.807, 2.05) is 4.90 Å². The number of carbonyl (C=O) groups excluding carboxylic acids is 2. The number of aryl methyl sites for hydroxylation is 1. The van der Waals surface area contributed by atoms with Gasteiger partial charge in [0.2, 0.25) is 0 Å². The number of aromatic nitrogens is 3. The molecule has 9 nitrogen and oxygen atoms in total. The van der Waals surface area contributed by atoms with Crippen molar-refractivity contribution in [2.24, 2.45) is 0 Å². The van der Waals surface area contributed by atoms with Crippen LogP contribution >= 0.6 is 0 Å². The maximum atomic E-state index is 13.4. The SMILES string of the molecule is COc1cccc(C(=O)N2CCCC[C@H]2CCn2cc(C(=O)NC3CC3)nn2)c1OC. The highest BCUT2D eigenvalue weighted by Gasteiger charge is 2.30. The first-order valence-electron chi connectivity index (χ1n) is 10.8. The summed E-state index contributed by atoms with van der Waals surface area (Å²) in [6.07, 6.45) is 7.47. The third-order valence-electron chi connectivity index (χ3n) is 5.90. The van der Waals surface area contributed by atoms with Crippen molar-refractivity contribution in [2.45, 2.75) is 57.2 Å². The van der Waals surface area contributed by atoms with Gasteiger partial charge in [0, 0.05) is 25.2 Å². The number of nitrogens with zero attached hydrogens (tertiary/aromatic N) is 4. The first kappa shape index (κ1) is 21.1. The van der Waals surface area contributed by atoms with Crippen molar-refractivity contribution in [1.29, 1.82) is 0 Å². The molecule has 0 spiro atoms. The Balaban J connectivity index is 1.43. The summed E-state index contributed by atoms with van der Waals surface area (Å²) >= 11 is 0. The number of para-hydroxylation sites is 1. The van der Waals surface area contributed by atoms with Crippen molar-refractivity contribution in [2.75, 3.05) is 20.8 Å². The van der Waals surface area contributed by atoms with E-state index >= 15 is 0 Å². The molecule has 9 heteroatoms. The van der Waals surface area contributed by atoms with Gasteiger partial charge in [-0.15, -0.1) is 5.10 Å². The third-order valence-corrected chi connectivity index (χ3v) is 5.90. The molecule has 2 aromatic rings. The largest absolute Gasteiger partial charge is 0.493 e. The third kappa shape index (κ3) is 4.81. The molecule has 2 fully saturated rings. The number of amides is 2. The fourth-order valence-electron chi connectivity index (χ4n) is 4.06.